The number of nitrogens with zero attached hydrogens (tertiary/aromatic N) is 2. The summed E-state index contributed by atoms with van der Waals surface area (Å²) in [4.78, 5) is 24.5. The van der Waals surface area contributed by atoms with Gasteiger partial charge >= 0.3 is 5.69 Å². The number of benzene rings is 2. The van der Waals surface area contributed by atoms with E-state index in [1.54, 1.807) is 22.8 Å². The fraction of sp³-hybridized carbons (Fsp3) is 0.222. The van der Waals surface area contributed by atoms with Crippen molar-refractivity contribution in [3.63, 3.8) is 0 Å². The van der Waals surface area contributed by atoms with Crippen LogP contribution >= 0.6 is 11.6 Å². The summed E-state index contributed by atoms with van der Waals surface area (Å²) >= 11 is 6.08. The van der Waals surface area contributed by atoms with Crippen LogP contribution in [0.4, 0.5) is 0 Å². The second-order valence-electron chi connectivity index (χ2n) is 5.85. The second kappa shape index (κ2) is 5.70. The SMILES string of the molecule is CC(=O)n1c(=O)n(Cc2cc(C)cc(C)c2)c2cc(Cl)ccc21. The average molecular weight is 329 g/mol. The first-order chi connectivity index (χ1) is 10.9. The Morgan fingerprint density at radius 3 is 2.30 bits per heavy atom. The van der Waals surface area contributed by atoms with Crippen LogP contribution in [0, 0.1) is 13.8 Å². The Hall–Kier alpha value is -2.33. The minimum atomic E-state index is -0.339. The summed E-state index contributed by atoms with van der Waals surface area (Å²) in [6.07, 6.45) is 0. The zero-order valence-electron chi connectivity index (χ0n) is 13.3. The van der Waals surface area contributed by atoms with Gasteiger partial charge in [0, 0.05) is 11.9 Å². The lowest BCUT2D eigenvalue weighted by atomic mass is 10.1. The third-order valence-corrected chi connectivity index (χ3v) is 4.06. The Morgan fingerprint density at radius 2 is 1.70 bits per heavy atom. The molecule has 5 heteroatoms. The highest BCUT2D eigenvalue weighted by Crippen LogP contribution is 2.20. The zero-order chi connectivity index (χ0) is 16.7. The van der Waals surface area contributed by atoms with Crippen LogP contribution < -0.4 is 5.69 Å². The average Bonchev–Trinajstić information content (AvgIpc) is 2.70. The van der Waals surface area contributed by atoms with Gasteiger partial charge in [0.2, 0.25) is 5.91 Å². The maximum atomic E-state index is 12.7. The van der Waals surface area contributed by atoms with Gasteiger partial charge < -0.3 is 0 Å². The Morgan fingerprint density at radius 1 is 1.04 bits per heavy atom. The van der Waals surface area contributed by atoms with Crippen molar-refractivity contribution >= 4 is 28.5 Å². The quantitative estimate of drug-likeness (QED) is 0.718. The lowest BCUT2D eigenvalue weighted by Gasteiger charge is -2.07. The van der Waals surface area contributed by atoms with Crippen LogP contribution in [0.15, 0.2) is 41.2 Å². The van der Waals surface area contributed by atoms with Crippen molar-refractivity contribution in [1.29, 1.82) is 0 Å². The summed E-state index contributed by atoms with van der Waals surface area (Å²) < 4.78 is 2.78. The lowest BCUT2D eigenvalue weighted by Crippen LogP contribution is -2.27. The fourth-order valence-corrected chi connectivity index (χ4v) is 3.19. The number of imidazole rings is 1. The van der Waals surface area contributed by atoms with Crippen LogP contribution in [-0.4, -0.2) is 15.0 Å². The van der Waals surface area contributed by atoms with E-state index in [0.717, 1.165) is 16.7 Å². The van der Waals surface area contributed by atoms with E-state index in [1.807, 2.05) is 26.0 Å². The molecule has 0 bridgehead atoms. The summed E-state index contributed by atoms with van der Waals surface area (Å²) in [7, 11) is 0. The van der Waals surface area contributed by atoms with Gasteiger partial charge in [-0.2, -0.15) is 0 Å². The molecule has 0 aliphatic heterocycles. The predicted molar refractivity (Wildman–Crippen MR) is 92.5 cm³/mol. The minimum Gasteiger partial charge on any atom is -0.287 e. The summed E-state index contributed by atoms with van der Waals surface area (Å²) in [6.45, 7) is 5.83. The van der Waals surface area contributed by atoms with E-state index < -0.39 is 0 Å². The molecule has 2 aromatic carbocycles. The van der Waals surface area contributed by atoms with Crippen molar-refractivity contribution in [3.05, 3.63) is 68.6 Å². The summed E-state index contributed by atoms with van der Waals surface area (Å²) in [5, 5.41) is 0.535. The van der Waals surface area contributed by atoms with Crippen LogP contribution in [0.3, 0.4) is 0 Å². The first-order valence-electron chi connectivity index (χ1n) is 7.36. The largest absolute Gasteiger partial charge is 0.336 e. The van der Waals surface area contributed by atoms with Gasteiger partial charge in [-0.1, -0.05) is 40.9 Å². The molecule has 3 rings (SSSR count). The van der Waals surface area contributed by atoms with E-state index in [4.69, 9.17) is 11.6 Å². The number of halogens is 1. The summed E-state index contributed by atoms with van der Waals surface area (Å²) in [5.41, 5.74) is 4.21. The maximum absolute atomic E-state index is 12.7. The lowest BCUT2D eigenvalue weighted by molar-refractivity contribution is 0.0936. The molecule has 0 atom stereocenters. The van der Waals surface area contributed by atoms with Crippen molar-refractivity contribution in [2.45, 2.75) is 27.3 Å². The van der Waals surface area contributed by atoms with Gasteiger partial charge in [0.15, 0.2) is 0 Å². The third-order valence-electron chi connectivity index (χ3n) is 3.83. The number of rotatable bonds is 2. The highest BCUT2D eigenvalue weighted by Gasteiger charge is 2.16. The monoisotopic (exact) mass is 328 g/mol. The van der Waals surface area contributed by atoms with Crippen LogP contribution in [0.5, 0.6) is 0 Å². The van der Waals surface area contributed by atoms with E-state index in [-0.39, 0.29) is 11.6 Å². The molecule has 0 unspecified atom stereocenters. The molecule has 0 aliphatic rings. The molecule has 0 radical (unpaired) electrons. The van der Waals surface area contributed by atoms with Crippen molar-refractivity contribution in [2.75, 3.05) is 0 Å². The molecule has 1 aromatic heterocycles. The highest BCUT2D eigenvalue weighted by molar-refractivity contribution is 6.31. The van der Waals surface area contributed by atoms with Crippen LogP contribution in [0.2, 0.25) is 5.02 Å². The number of hydrogen-bond acceptors (Lipinski definition) is 2. The molecule has 1 heterocycles. The van der Waals surface area contributed by atoms with E-state index in [2.05, 4.69) is 6.07 Å². The molecule has 0 fully saturated rings. The first-order valence-corrected chi connectivity index (χ1v) is 7.73. The maximum Gasteiger partial charge on any atom is 0.336 e. The van der Waals surface area contributed by atoms with Crippen molar-refractivity contribution in [3.8, 4) is 0 Å². The van der Waals surface area contributed by atoms with Gasteiger partial charge in [-0.25, -0.2) is 9.36 Å². The Labute approximate surface area is 138 Å². The Balaban J connectivity index is 2.24. The molecule has 0 amide bonds. The molecule has 0 N–H and O–H groups in total. The summed E-state index contributed by atoms with van der Waals surface area (Å²) in [5.74, 6) is -0.304. The number of fused-ring (bicyclic) bond motifs is 1. The number of aryl methyl sites for hydroxylation is 2. The van der Waals surface area contributed by atoms with Gasteiger partial charge in [0.25, 0.3) is 0 Å². The molecule has 118 valence electrons. The topological polar surface area (TPSA) is 44.0 Å². The predicted octanol–water partition coefficient (Wildman–Crippen LogP) is 3.78. The molecule has 4 nitrogen and oxygen atoms in total. The fourth-order valence-electron chi connectivity index (χ4n) is 3.03. The Kier molecular flexibility index (Phi) is 3.86. The normalized spacial score (nSPS) is 11.1. The van der Waals surface area contributed by atoms with Crippen LogP contribution in [0.25, 0.3) is 11.0 Å². The molecule has 0 aliphatic carbocycles. The minimum absolute atomic E-state index is 0.304. The van der Waals surface area contributed by atoms with Crippen LogP contribution in [-0.2, 0) is 6.54 Å². The standard InChI is InChI=1S/C18H17ClN2O2/c1-11-6-12(2)8-14(7-11)10-20-17-9-15(19)4-5-16(17)21(13(3)22)18(20)23/h4-9H,10H2,1-3H3. The number of carbonyl (C=O) groups excluding carboxylic acids is 1. The molecular weight excluding hydrogens is 312 g/mol. The first kappa shape index (κ1) is 15.6. The number of carbonyl (C=O) groups is 1. The van der Waals surface area contributed by atoms with E-state index in [0.29, 0.717) is 22.6 Å². The number of hydrogen-bond donors (Lipinski definition) is 0. The van der Waals surface area contributed by atoms with Crippen molar-refractivity contribution in [2.24, 2.45) is 0 Å². The van der Waals surface area contributed by atoms with E-state index in [9.17, 15) is 9.59 Å². The summed E-state index contributed by atoms with van der Waals surface area (Å²) in [6, 6.07) is 11.3. The van der Waals surface area contributed by atoms with E-state index in [1.165, 1.54) is 11.5 Å². The van der Waals surface area contributed by atoms with Crippen molar-refractivity contribution in [1.82, 2.24) is 9.13 Å². The Bertz CT molecular complexity index is 962. The van der Waals surface area contributed by atoms with Gasteiger partial charge in [-0.15, -0.1) is 0 Å². The second-order valence-corrected chi connectivity index (χ2v) is 6.29. The molecule has 0 saturated carbocycles. The van der Waals surface area contributed by atoms with Gasteiger partial charge in [-0.3, -0.25) is 9.36 Å². The molecule has 3 aromatic rings. The van der Waals surface area contributed by atoms with Crippen molar-refractivity contribution < 1.29 is 4.79 Å². The zero-order valence-corrected chi connectivity index (χ0v) is 14.0. The van der Waals surface area contributed by atoms with E-state index >= 15 is 0 Å². The van der Waals surface area contributed by atoms with Gasteiger partial charge in [0.1, 0.15) is 0 Å². The third kappa shape index (κ3) is 2.82. The van der Waals surface area contributed by atoms with Gasteiger partial charge in [-0.05, 0) is 37.6 Å². The number of aromatic nitrogens is 2. The molecule has 23 heavy (non-hydrogen) atoms. The highest BCUT2D eigenvalue weighted by atomic mass is 35.5. The molecule has 0 spiro atoms. The molecule has 0 saturated heterocycles. The van der Waals surface area contributed by atoms with Crippen LogP contribution in [0.1, 0.15) is 28.4 Å². The van der Waals surface area contributed by atoms with Gasteiger partial charge in [0.05, 0.1) is 17.6 Å². The molecular formula is C18H17ClN2O2. The smallest absolute Gasteiger partial charge is 0.287 e.